The Morgan fingerprint density at radius 3 is 2.63 bits per heavy atom. The number of hydrogen-bond donors (Lipinski definition) is 0. The number of methoxy groups -OCH3 is 1. The number of anilines is 2. The first kappa shape index (κ1) is 16.6. The van der Waals surface area contributed by atoms with Gasteiger partial charge in [-0.2, -0.15) is 9.47 Å². The van der Waals surface area contributed by atoms with Crippen LogP contribution in [0.5, 0.6) is 0 Å². The minimum Gasteiger partial charge on any atom is -0.377 e. The number of hydrogen-bond acceptors (Lipinski definition) is 9. The lowest BCUT2D eigenvalue weighted by atomic mass is 10.0. The maximum atomic E-state index is 5.12. The molecule has 0 amide bonds. The molecule has 9 nitrogen and oxygen atoms in total. The summed E-state index contributed by atoms with van der Waals surface area (Å²) in [6, 6.07) is 3.90. The number of nitrogens with zero attached hydrogens (tertiary/aromatic N) is 8. The van der Waals surface area contributed by atoms with Crippen molar-refractivity contribution in [2.45, 2.75) is 6.61 Å². The van der Waals surface area contributed by atoms with Gasteiger partial charge < -0.3 is 14.5 Å². The quantitative estimate of drug-likeness (QED) is 0.649. The van der Waals surface area contributed by atoms with Crippen LogP contribution in [0.15, 0.2) is 30.9 Å². The van der Waals surface area contributed by atoms with Gasteiger partial charge in [-0.15, -0.1) is 0 Å². The van der Waals surface area contributed by atoms with Crippen molar-refractivity contribution in [3.63, 3.8) is 0 Å². The fraction of sp³-hybridized carbons (Fsp3) is 0.471. The van der Waals surface area contributed by atoms with Gasteiger partial charge in [0.15, 0.2) is 11.6 Å². The van der Waals surface area contributed by atoms with E-state index in [1.807, 2.05) is 18.3 Å². The van der Waals surface area contributed by atoms with Crippen molar-refractivity contribution in [2.24, 2.45) is 11.8 Å². The minimum atomic E-state index is 0.470. The lowest BCUT2D eigenvalue weighted by Crippen LogP contribution is -2.29. The molecular formula is C17H20N8OS. The maximum absolute atomic E-state index is 5.12. The first-order chi connectivity index (χ1) is 13.3. The minimum absolute atomic E-state index is 0.470. The van der Waals surface area contributed by atoms with Crippen LogP contribution in [-0.4, -0.2) is 62.4 Å². The summed E-state index contributed by atoms with van der Waals surface area (Å²) in [6.45, 7) is 4.50. The molecule has 0 saturated carbocycles. The van der Waals surface area contributed by atoms with E-state index in [0.717, 1.165) is 48.8 Å². The van der Waals surface area contributed by atoms with Gasteiger partial charge in [-0.3, -0.25) is 0 Å². The first-order valence-corrected chi connectivity index (χ1v) is 9.71. The molecule has 2 unspecified atom stereocenters. The molecule has 140 valence electrons. The van der Waals surface area contributed by atoms with Gasteiger partial charge in [-0.25, -0.2) is 19.6 Å². The van der Waals surface area contributed by atoms with E-state index < -0.39 is 0 Å². The molecule has 0 aliphatic carbocycles. The summed E-state index contributed by atoms with van der Waals surface area (Å²) in [4.78, 5) is 18.1. The van der Waals surface area contributed by atoms with Crippen LogP contribution in [0, 0.1) is 11.8 Å². The zero-order chi connectivity index (χ0) is 18.2. The van der Waals surface area contributed by atoms with Crippen molar-refractivity contribution < 1.29 is 4.74 Å². The van der Waals surface area contributed by atoms with Crippen LogP contribution < -0.4 is 9.80 Å². The zero-order valence-electron chi connectivity index (χ0n) is 15.0. The monoisotopic (exact) mass is 384 g/mol. The van der Waals surface area contributed by atoms with E-state index in [-0.39, 0.29) is 0 Å². The Kier molecular flexibility index (Phi) is 4.21. The molecule has 27 heavy (non-hydrogen) atoms. The molecule has 0 N–H and O–H groups in total. The van der Waals surface area contributed by atoms with Crippen LogP contribution in [0.25, 0.3) is 5.82 Å². The van der Waals surface area contributed by atoms with Gasteiger partial charge in [0.25, 0.3) is 0 Å². The molecule has 3 aromatic rings. The molecule has 5 heterocycles. The molecule has 5 rings (SSSR count). The number of aromatic nitrogens is 6. The fourth-order valence-electron chi connectivity index (χ4n) is 3.94. The van der Waals surface area contributed by atoms with Crippen LogP contribution in [-0.2, 0) is 11.3 Å². The van der Waals surface area contributed by atoms with Crippen molar-refractivity contribution in [1.29, 1.82) is 0 Å². The predicted octanol–water partition coefficient (Wildman–Crippen LogP) is 1.23. The average molecular weight is 384 g/mol. The first-order valence-electron chi connectivity index (χ1n) is 8.93. The number of rotatable bonds is 5. The smallest absolute Gasteiger partial charge is 0.205 e. The van der Waals surface area contributed by atoms with Crippen LogP contribution in [0.3, 0.4) is 0 Å². The van der Waals surface area contributed by atoms with Gasteiger partial charge in [0.1, 0.15) is 18.8 Å². The van der Waals surface area contributed by atoms with E-state index >= 15 is 0 Å². The molecule has 2 aliphatic heterocycles. The molecule has 0 aromatic carbocycles. The van der Waals surface area contributed by atoms with Crippen LogP contribution in [0.1, 0.15) is 5.82 Å². The van der Waals surface area contributed by atoms with E-state index in [4.69, 9.17) is 4.74 Å². The Balaban J connectivity index is 1.26. The van der Waals surface area contributed by atoms with Crippen molar-refractivity contribution in [3.05, 3.63) is 36.7 Å². The van der Waals surface area contributed by atoms with E-state index in [1.54, 1.807) is 24.3 Å². The van der Waals surface area contributed by atoms with Crippen LogP contribution >= 0.6 is 11.5 Å². The number of ether oxygens (including phenoxy) is 1. The Morgan fingerprint density at radius 1 is 1.11 bits per heavy atom. The van der Waals surface area contributed by atoms with Crippen LogP contribution in [0.4, 0.5) is 10.9 Å². The highest BCUT2D eigenvalue weighted by molar-refractivity contribution is 7.09. The summed E-state index contributed by atoms with van der Waals surface area (Å²) in [7, 11) is 1.67. The summed E-state index contributed by atoms with van der Waals surface area (Å²) in [5.74, 6) is 3.76. The predicted molar refractivity (Wildman–Crippen MR) is 101 cm³/mol. The molecule has 10 heteroatoms. The second-order valence-electron chi connectivity index (χ2n) is 6.94. The van der Waals surface area contributed by atoms with E-state index in [0.29, 0.717) is 18.4 Å². The van der Waals surface area contributed by atoms with Gasteiger partial charge >= 0.3 is 0 Å². The summed E-state index contributed by atoms with van der Waals surface area (Å²) >= 11 is 1.46. The normalized spacial score (nSPS) is 21.8. The Bertz CT molecular complexity index is 899. The van der Waals surface area contributed by atoms with Crippen LogP contribution in [0.2, 0.25) is 0 Å². The number of fused-ring (bicyclic) bond motifs is 1. The molecule has 2 fully saturated rings. The van der Waals surface area contributed by atoms with Gasteiger partial charge in [0, 0.05) is 75.1 Å². The van der Waals surface area contributed by atoms with Gasteiger partial charge in [0.2, 0.25) is 5.13 Å². The van der Waals surface area contributed by atoms with E-state index in [1.165, 1.54) is 11.5 Å². The van der Waals surface area contributed by atoms with Gasteiger partial charge in [-0.1, -0.05) is 0 Å². The zero-order valence-corrected chi connectivity index (χ0v) is 15.8. The SMILES string of the molecule is COCc1nsc(N2CC3CN(c4cc(-n5cccn5)ncn4)CC3C2)n1. The third-order valence-electron chi connectivity index (χ3n) is 5.19. The highest BCUT2D eigenvalue weighted by Gasteiger charge is 2.41. The average Bonchev–Trinajstić information content (AvgIpc) is 3.44. The molecular weight excluding hydrogens is 364 g/mol. The summed E-state index contributed by atoms with van der Waals surface area (Å²) < 4.78 is 11.2. The standard InChI is InChI=1S/C17H20N8OS/c1-26-10-14-21-17(27-22-14)24-8-12-6-23(7-13(12)9-24)15-5-16(19-11-18-15)25-4-2-3-20-25/h2-5,11-13H,6-10H2,1H3. The second kappa shape index (κ2) is 6.86. The summed E-state index contributed by atoms with van der Waals surface area (Å²) in [5.41, 5.74) is 0. The third-order valence-corrected chi connectivity index (χ3v) is 6.00. The fourth-order valence-corrected chi connectivity index (χ4v) is 4.63. The third kappa shape index (κ3) is 3.15. The molecule has 0 radical (unpaired) electrons. The lowest BCUT2D eigenvalue weighted by molar-refractivity contribution is 0.179. The van der Waals surface area contributed by atoms with Crippen molar-refractivity contribution in [3.8, 4) is 5.82 Å². The molecule has 2 atom stereocenters. The second-order valence-corrected chi connectivity index (χ2v) is 7.67. The molecule has 3 aromatic heterocycles. The molecule has 2 aliphatic rings. The van der Waals surface area contributed by atoms with E-state index in [2.05, 4.69) is 34.2 Å². The Hall–Kier alpha value is -2.59. The summed E-state index contributed by atoms with van der Waals surface area (Å²) in [5, 5.41) is 5.26. The molecule has 0 spiro atoms. The lowest BCUT2D eigenvalue weighted by Gasteiger charge is -2.22. The molecule has 2 saturated heterocycles. The van der Waals surface area contributed by atoms with Gasteiger partial charge in [-0.05, 0) is 6.07 Å². The molecule has 0 bridgehead atoms. The van der Waals surface area contributed by atoms with Crippen molar-refractivity contribution in [2.75, 3.05) is 43.1 Å². The maximum Gasteiger partial charge on any atom is 0.205 e. The van der Waals surface area contributed by atoms with Gasteiger partial charge in [0.05, 0.1) is 0 Å². The summed E-state index contributed by atoms with van der Waals surface area (Å²) in [6.07, 6.45) is 5.26. The highest BCUT2D eigenvalue weighted by Crippen LogP contribution is 2.36. The Morgan fingerprint density at radius 2 is 1.89 bits per heavy atom. The largest absolute Gasteiger partial charge is 0.377 e. The Labute approximate surface area is 160 Å². The topological polar surface area (TPSA) is 85.1 Å². The van der Waals surface area contributed by atoms with Crippen molar-refractivity contribution in [1.82, 2.24) is 29.1 Å². The van der Waals surface area contributed by atoms with E-state index in [9.17, 15) is 0 Å². The van der Waals surface area contributed by atoms with Crippen molar-refractivity contribution >= 4 is 22.5 Å². The highest BCUT2D eigenvalue weighted by atomic mass is 32.1.